The van der Waals surface area contributed by atoms with E-state index in [9.17, 15) is 4.79 Å². The number of carbonyl (C=O) groups excluding carboxylic acids is 1. The Morgan fingerprint density at radius 1 is 1.04 bits per heavy atom. The highest BCUT2D eigenvalue weighted by Crippen LogP contribution is 2.07. The van der Waals surface area contributed by atoms with Gasteiger partial charge < -0.3 is 10.1 Å². The summed E-state index contributed by atoms with van der Waals surface area (Å²) in [5, 5.41) is 2.71. The second-order valence-electron chi connectivity index (χ2n) is 5.84. The molecule has 0 saturated carbocycles. The molecule has 3 heteroatoms. The molecule has 0 fully saturated rings. The molecule has 0 aliphatic heterocycles. The predicted octanol–water partition coefficient (Wildman–Crippen LogP) is 4.70. The van der Waals surface area contributed by atoms with Gasteiger partial charge in [-0.05, 0) is 36.1 Å². The van der Waals surface area contributed by atoms with Gasteiger partial charge >= 0.3 is 6.09 Å². The maximum absolute atomic E-state index is 11.6. The number of hydrogen-bond donors (Lipinski definition) is 1. The van der Waals surface area contributed by atoms with E-state index in [2.05, 4.69) is 48.3 Å². The first-order valence-electron chi connectivity index (χ1n) is 8.80. The number of nitrogens with one attached hydrogen (secondary N) is 1. The highest BCUT2D eigenvalue weighted by atomic mass is 16.5. The summed E-state index contributed by atoms with van der Waals surface area (Å²) in [5.41, 5.74) is 3.34. The van der Waals surface area contributed by atoms with E-state index in [-0.39, 0.29) is 6.61 Å². The molecule has 0 aliphatic rings. The molecule has 0 heterocycles. The number of benzene rings is 2. The van der Waals surface area contributed by atoms with Crippen LogP contribution in [-0.4, -0.2) is 12.6 Å². The number of amides is 1. The first kappa shape index (κ1) is 18.6. The van der Waals surface area contributed by atoms with E-state index < -0.39 is 6.09 Å². The van der Waals surface area contributed by atoms with E-state index in [1.54, 1.807) is 0 Å². The van der Waals surface area contributed by atoms with Crippen LogP contribution in [0, 0.1) is 11.8 Å². The molecule has 0 aromatic heterocycles. The van der Waals surface area contributed by atoms with Crippen molar-refractivity contribution in [2.24, 2.45) is 0 Å². The van der Waals surface area contributed by atoms with Crippen molar-refractivity contribution in [3.8, 4) is 11.8 Å². The zero-order valence-electron chi connectivity index (χ0n) is 14.8. The molecule has 3 nitrogen and oxygen atoms in total. The lowest BCUT2D eigenvalue weighted by atomic mass is 10.1. The molecule has 1 amide bonds. The maximum Gasteiger partial charge on any atom is 0.407 e. The summed E-state index contributed by atoms with van der Waals surface area (Å²) in [6.07, 6.45) is 3.74. The first-order chi connectivity index (χ1) is 12.3. The molecule has 1 N–H and O–H groups in total. The summed E-state index contributed by atoms with van der Waals surface area (Å²) < 4.78 is 5.14. The Kier molecular flexibility index (Phi) is 8.14. The Labute approximate surface area is 150 Å². The Balaban J connectivity index is 1.64. The molecular weight excluding hydrogens is 310 g/mol. The Morgan fingerprint density at radius 3 is 2.52 bits per heavy atom. The zero-order chi connectivity index (χ0) is 17.7. The number of unbranched alkanes of at least 4 members (excludes halogenated alkanes) is 1. The highest BCUT2D eigenvalue weighted by Gasteiger charge is 2.00. The topological polar surface area (TPSA) is 38.3 Å². The molecule has 0 radical (unpaired) electrons. The molecule has 0 unspecified atom stereocenters. The normalized spacial score (nSPS) is 9.80. The number of aryl methyl sites for hydroxylation is 1. The van der Waals surface area contributed by atoms with Crippen LogP contribution in [0.3, 0.4) is 0 Å². The maximum atomic E-state index is 11.6. The van der Waals surface area contributed by atoms with Crippen LogP contribution in [0.4, 0.5) is 4.79 Å². The van der Waals surface area contributed by atoms with E-state index in [4.69, 9.17) is 4.74 Å². The van der Waals surface area contributed by atoms with Gasteiger partial charge in [-0.2, -0.15) is 0 Å². The third-order valence-electron chi connectivity index (χ3n) is 3.74. The molecule has 2 rings (SSSR count). The summed E-state index contributed by atoms with van der Waals surface area (Å²) in [6.45, 7) is 2.96. The van der Waals surface area contributed by atoms with E-state index in [1.165, 1.54) is 18.4 Å². The molecule has 2 aromatic carbocycles. The van der Waals surface area contributed by atoms with Gasteiger partial charge in [0, 0.05) is 18.5 Å². The van der Waals surface area contributed by atoms with Crippen molar-refractivity contribution in [2.75, 3.05) is 6.54 Å². The summed E-state index contributed by atoms with van der Waals surface area (Å²) >= 11 is 0. The Morgan fingerprint density at radius 2 is 1.80 bits per heavy atom. The van der Waals surface area contributed by atoms with Gasteiger partial charge in [-0.25, -0.2) is 4.79 Å². The average Bonchev–Trinajstić information content (AvgIpc) is 2.66. The summed E-state index contributed by atoms with van der Waals surface area (Å²) in [5.74, 6) is 6.19. The Bertz CT molecular complexity index is 696. The van der Waals surface area contributed by atoms with Gasteiger partial charge in [0.2, 0.25) is 0 Å². The number of ether oxygens (including phenoxy) is 1. The van der Waals surface area contributed by atoms with Crippen LogP contribution in [0.1, 0.15) is 42.9 Å². The van der Waals surface area contributed by atoms with Gasteiger partial charge in [-0.3, -0.25) is 0 Å². The molecule has 2 aromatic rings. The first-order valence-corrected chi connectivity index (χ1v) is 8.80. The molecular formula is C22H25NO2. The lowest BCUT2D eigenvalue weighted by Gasteiger charge is -2.05. The molecule has 0 atom stereocenters. The standard InChI is InChI=1S/C22H25NO2/c1-2-3-9-19-13-15-20(16-14-19)10-7-8-17-23-22(24)25-18-21-11-5-4-6-12-21/h4-6,11-16H,2-3,8-9,17-18H2,1H3,(H,23,24). The molecule has 0 bridgehead atoms. The van der Waals surface area contributed by atoms with Gasteiger partial charge in [0.1, 0.15) is 6.61 Å². The fraction of sp³-hybridized carbons (Fsp3) is 0.318. The van der Waals surface area contributed by atoms with Crippen LogP contribution in [0.25, 0.3) is 0 Å². The minimum atomic E-state index is -0.411. The van der Waals surface area contributed by atoms with Crippen molar-refractivity contribution in [3.05, 3.63) is 71.3 Å². The van der Waals surface area contributed by atoms with Gasteiger partial charge in [-0.15, -0.1) is 0 Å². The molecule has 25 heavy (non-hydrogen) atoms. The van der Waals surface area contributed by atoms with Gasteiger partial charge in [0.15, 0.2) is 0 Å². The van der Waals surface area contributed by atoms with E-state index in [0.29, 0.717) is 13.0 Å². The number of hydrogen-bond acceptors (Lipinski definition) is 2. The fourth-order valence-corrected chi connectivity index (χ4v) is 2.30. The van der Waals surface area contributed by atoms with E-state index in [0.717, 1.165) is 17.5 Å². The Hall–Kier alpha value is -2.73. The smallest absolute Gasteiger partial charge is 0.407 e. The summed E-state index contributed by atoms with van der Waals surface area (Å²) in [7, 11) is 0. The largest absolute Gasteiger partial charge is 0.445 e. The zero-order valence-corrected chi connectivity index (χ0v) is 14.8. The van der Waals surface area contributed by atoms with Crippen molar-refractivity contribution in [3.63, 3.8) is 0 Å². The van der Waals surface area contributed by atoms with E-state index >= 15 is 0 Å². The van der Waals surface area contributed by atoms with Crippen molar-refractivity contribution >= 4 is 6.09 Å². The third kappa shape index (κ3) is 7.58. The van der Waals surface area contributed by atoms with Crippen molar-refractivity contribution in [1.82, 2.24) is 5.32 Å². The summed E-state index contributed by atoms with van der Waals surface area (Å²) in [4.78, 5) is 11.6. The highest BCUT2D eigenvalue weighted by molar-refractivity contribution is 5.67. The second-order valence-corrected chi connectivity index (χ2v) is 5.84. The van der Waals surface area contributed by atoms with Crippen molar-refractivity contribution < 1.29 is 9.53 Å². The van der Waals surface area contributed by atoms with Crippen LogP contribution < -0.4 is 5.32 Å². The molecule has 130 valence electrons. The van der Waals surface area contributed by atoms with Crippen LogP contribution in [0.5, 0.6) is 0 Å². The van der Waals surface area contributed by atoms with Gasteiger partial charge in [0.05, 0.1) is 0 Å². The van der Waals surface area contributed by atoms with Crippen LogP contribution in [-0.2, 0) is 17.8 Å². The fourth-order valence-electron chi connectivity index (χ4n) is 2.30. The lowest BCUT2D eigenvalue weighted by Crippen LogP contribution is -2.24. The third-order valence-corrected chi connectivity index (χ3v) is 3.74. The minimum absolute atomic E-state index is 0.280. The number of alkyl carbamates (subject to hydrolysis) is 1. The number of rotatable bonds is 7. The summed E-state index contributed by atoms with van der Waals surface area (Å²) in [6, 6.07) is 18.0. The molecule has 0 aliphatic carbocycles. The monoisotopic (exact) mass is 335 g/mol. The van der Waals surface area contributed by atoms with Gasteiger partial charge in [-0.1, -0.05) is 67.6 Å². The van der Waals surface area contributed by atoms with Crippen molar-refractivity contribution in [1.29, 1.82) is 0 Å². The molecule has 0 spiro atoms. The predicted molar refractivity (Wildman–Crippen MR) is 101 cm³/mol. The van der Waals surface area contributed by atoms with Crippen LogP contribution in [0.2, 0.25) is 0 Å². The van der Waals surface area contributed by atoms with E-state index in [1.807, 2.05) is 30.3 Å². The SMILES string of the molecule is CCCCc1ccc(C#CCCNC(=O)OCc2ccccc2)cc1. The van der Waals surface area contributed by atoms with Crippen LogP contribution >= 0.6 is 0 Å². The van der Waals surface area contributed by atoms with Crippen molar-refractivity contribution in [2.45, 2.75) is 39.2 Å². The van der Waals surface area contributed by atoms with Crippen LogP contribution in [0.15, 0.2) is 54.6 Å². The second kappa shape index (κ2) is 10.9. The molecule has 0 saturated heterocycles. The minimum Gasteiger partial charge on any atom is -0.445 e. The average molecular weight is 335 g/mol. The number of carbonyl (C=O) groups is 1. The quantitative estimate of drug-likeness (QED) is 0.588. The lowest BCUT2D eigenvalue weighted by molar-refractivity contribution is 0.140. The van der Waals surface area contributed by atoms with Gasteiger partial charge in [0.25, 0.3) is 0 Å².